The Balaban J connectivity index is 3.14. The molecule has 0 saturated heterocycles. The van der Waals surface area contributed by atoms with Crippen molar-refractivity contribution in [3.8, 4) is 0 Å². The molecule has 9 heavy (non-hydrogen) atoms. The van der Waals surface area contributed by atoms with Crippen molar-refractivity contribution in [3.05, 3.63) is 37.0 Å². The lowest BCUT2D eigenvalue weighted by molar-refractivity contribution is 1.31. The Kier molecular flexibility index (Phi) is 6.59. The molecule has 0 N–H and O–H groups in total. The lowest BCUT2D eigenvalue weighted by Gasteiger charge is -1.78. The summed E-state index contributed by atoms with van der Waals surface area (Å²) in [7, 11) is 0. The van der Waals surface area contributed by atoms with E-state index in [1.165, 1.54) is 0 Å². The van der Waals surface area contributed by atoms with Gasteiger partial charge in [-0.15, -0.1) is 6.58 Å². The normalized spacial score (nSPS) is 11.2. The first-order chi connectivity index (χ1) is 4.41. The van der Waals surface area contributed by atoms with Crippen LogP contribution in [-0.4, -0.2) is 0 Å². The van der Waals surface area contributed by atoms with E-state index in [2.05, 4.69) is 30.9 Å². The van der Waals surface area contributed by atoms with Crippen molar-refractivity contribution >= 4 is 0 Å². The van der Waals surface area contributed by atoms with Gasteiger partial charge in [0.15, 0.2) is 0 Å². The standard InChI is InChI=1S/C9H14/c1-3-5-7-9-8-6-4-2/h3-4,6-7,9H,1,5,8H2,2H3/b6-4+,9-7+. The Morgan fingerprint density at radius 3 is 2.33 bits per heavy atom. The Labute approximate surface area is 57.6 Å². The smallest absolute Gasteiger partial charge is 0.0169 e. The van der Waals surface area contributed by atoms with Gasteiger partial charge in [0.25, 0.3) is 0 Å². The Morgan fingerprint density at radius 1 is 1.11 bits per heavy atom. The molecule has 0 aliphatic carbocycles. The highest BCUT2D eigenvalue weighted by atomic mass is 13.7. The molecule has 0 aliphatic rings. The van der Waals surface area contributed by atoms with Gasteiger partial charge in [0.05, 0.1) is 0 Å². The molecule has 0 aromatic rings. The van der Waals surface area contributed by atoms with Crippen molar-refractivity contribution in [1.29, 1.82) is 0 Å². The highest BCUT2D eigenvalue weighted by molar-refractivity contribution is 4.94. The minimum atomic E-state index is 0.984. The van der Waals surface area contributed by atoms with Crippen molar-refractivity contribution in [2.45, 2.75) is 19.8 Å². The van der Waals surface area contributed by atoms with Crippen LogP contribution in [0.2, 0.25) is 0 Å². The van der Waals surface area contributed by atoms with E-state index in [4.69, 9.17) is 0 Å². The lowest BCUT2D eigenvalue weighted by Crippen LogP contribution is -1.57. The van der Waals surface area contributed by atoms with E-state index >= 15 is 0 Å². The van der Waals surface area contributed by atoms with Crippen molar-refractivity contribution in [3.63, 3.8) is 0 Å². The molecule has 50 valence electrons. The van der Waals surface area contributed by atoms with E-state index in [0.29, 0.717) is 0 Å². The van der Waals surface area contributed by atoms with E-state index < -0.39 is 0 Å². The van der Waals surface area contributed by atoms with Gasteiger partial charge in [0.1, 0.15) is 0 Å². The van der Waals surface area contributed by atoms with Crippen molar-refractivity contribution < 1.29 is 0 Å². The third-order valence-electron chi connectivity index (χ3n) is 0.977. The second-order valence-electron chi connectivity index (χ2n) is 1.80. The van der Waals surface area contributed by atoms with Crippen LogP contribution >= 0.6 is 0 Å². The maximum atomic E-state index is 3.61. The number of allylic oxidation sites excluding steroid dienone is 5. The monoisotopic (exact) mass is 122 g/mol. The molecule has 0 bridgehead atoms. The van der Waals surface area contributed by atoms with Crippen LogP contribution in [0.1, 0.15) is 19.8 Å². The summed E-state index contributed by atoms with van der Waals surface area (Å²) in [6.07, 6.45) is 12.4. The Hall–Kier alpha value is -0.780. The largest absolute Gasteiger partial charge is 0.103 e. The summed E-state index contributed by atoms with van der Waals surface area (Å²) in [5.41, 5.74) is 0. The van der Waals surface area contributed by atoms with Crippen LogP contribution < -0.4 is 0 Å². The van der Waals surface area contributed by atoms with Gasteiger partial charge < -0.3 is 0 Å². The first-order valence-electron chi connectivity index (χ1n) is 3.29. The predicted octanol–water partition coefficient (Wildman–Crippen LogP) is 3.08. The summed E-state index contributed by atoms with van der Waals surface area (Å²) in [5, 5.41) is 0. The summed E-state index contributed by atoms with van der Waals surface area (Å²) >= 11 is 0. The highest BCUT2D eigenvalue weighted by Gasteiger charge is 1.67. The zero-order valence-corrected chi connectivity index (χ0v) is 6.01. The third-order valence-corrected chi connectivity index (χ3v) is 0.977. The zero-order valence-electron chi connectivity index (χ0n) is 6.01. The first-order valence-corrected chi connectivity index (χ1v) is 3.29. The molecule has 0 amide bonds. The van der Waals surface area contributed by atoms with E-state index in [9.17, 15) is 0 Å². The third kappa shape index (κ3) is 7.22. The summed E-state index contributed by atoms with van der Waals surface area (Å²) in [4.78, 5) is 0. The molecule has 0 unspecified atom stereocenters. The van der Waals surface area contributed by atoms with Gasteiger partial charge in [0, 0.05) is 0 Å². The van der Waals surface area contributed by atoms with Gasteiger partial charge in [-0.25, -0.2) is 0 Å². The maximum absolute atomic E-state index is 3.61. The molecule has 0 aliphatic heterocycles. The van der Waals surface area contributed by atoms with Crippen LogP contribution in [0.3, 0.4) is 0 Å². The van der Waals surface area contributed by atoms with Crippen molar-refractivity contribution in [2.75, 3.05) is 0 Å². The summed E-state index contributed by atoms with van der Waals surface area (Å²) < 4.78 is 0. The molecule has 0 heteroatoms. The van der Waals surface area contributed by atoms with Crippen LogP contribution in [0.5, 0.6) is 0 Å². The van der Waals surface area contributed by atoms with Crippen LogP contribution in [-0.2, 0) is 0 Å². The van der Waals surface area contributed by atoms with Gasteiger partial charge in [-0.1, -0.05) is 30.4 Å². The molecule has 0 rings (SSSR count). The number of hydrogen-bond donors (Lipinski definition) is 0. The molecular weight excluding hydrogens is 108 g/mol. The van der Waals surface area contributed by atoms with E-state index in [-0.39, 0.29) is 0 Å². The van der Waals surface area contributed by atoms with Crippen molar-refractivity contribution in [2.24, 2.45) is 0 Å². The van der Waals surface area contributed by atoms with Gasteiger partial charge in [-0.3, -0.25) is 0 Å². The molecule has 0 atom stereocenters. The molecular formula is C9H14. The van der Waals surface area contributed by atoms with E-state index in [0.717, 1.165) is 12.8 Å². The minimum absolute atomic E-state index is 0.984. The van der Waals surface area contributed by atoms with E-state index in [1.54, 1.807) is 0 Å². The maximum Gasteiger partial charge on any atom is -0.0169 e. The average molecular weight is 122 g/mol. The van der Waals surface area contributed by atoms with Crippen molar-refractivity contribution in [1.82, 2.24) is 0 Å². The molecule has 0 radical (unpaired) electrons. The summed E-state index contributed by atoms with van der Waals surface area (Å²) in [5.74, 6) is 0. The molecule has 0 nitrogen and oxygen atoms in total. The quantitative estimate of drug-likeness (QED) is 0.503. The topological polar surface area (TPSA) is 0 Å². The lowest BCUT2D eigenvalue weighted by atomic mass is 10.3. The Bertz CT molecular complexity index is 107. The SMILES string of the molecule is C=CC/C=C/C/C=C/C. The molecule has 0 fully saturated rings. The molecule has 0 aromatic heterocycles. The van der Waals surface area contributed by atoms with Crippen LogP contribution in [0, 0.1) is 0 Å². The average Bonchev–Trinajstić information content (AvgIpc) is 1.89. The first kappa shape index (κ1) is 8.22. The predicted molar refractivity (Wildman–Crippen MR) is 43.4 cm³/mol. The van der Waals surface area contributed by atoms with E-state index in [1.807, 2.05) is 13.0 Å². The summed E-state index contributed by atoms with van der Waals surface area (Å²) in [6.45, 7) is 5.64. The van der Waals surface area contributed by atoms with Crippen LogP contribution in [0.25, 0.3) is 0 Å². The highest BCUT2D eigenvalue weighted by Crippen LogP contribution is 1.88. The molecule has 0 heterocycles. The minimum Gasteiger partial charge on any atom is -0.103 e. The fourth-order valence-corrected chi connectivity index (χ4v) is 0.503. The number of rotatable bonds is 4. The molecule has 0 spiro atoms. The fraction of sp³-hybridized carbons (Fsp3) is 0.333. The van der Waals surface area contributed by atoms with Crippen LogP contribution in [0.4, 0.5) is 0 Å². The second-order valence-corrected chi connectivity index (χ2v) is 1.80. The van der Waals surface area contributed by atoms with Gasteiger partial charge in [-0.2, -0.15) is 0 Å². The second kappa shape index (κ2) is 7.22. The van der Waals surface area contributed by atoms with Gasteiger partial charge in [0.2, 0.25) is 0 Å². The molecule has 0 saturated carbocycles. The summed E-state index contributed by atoms with van der Waals surface area (Å²) in [6, 6.07) is 0. The molecule has 0 aromatic carbocycles. The zero-order chi connectivity index (χ0) is 6.95. The Morgan fingerprint density at radius 2 is 1.78 bits per heavy atom. The van der Waals surface area contributed by atoms with Gasteiger partial charge in [-0.05, 0) is 19.8 Å². The number of hydrogen-bond acceptors (Lipinski definition) is 0. The van der Waals surface area contributed by atoms with Crippen LogP contribution in [0.15, 0.2) is 37.0 Å². The van der Waals surface area contributed by atoms with Gasteiger partial charge >= 0.3 is 0 Å². The fourth-order valence-electron chi connectivity index (χ4n) is 0.503.